The molecule has 0 unspecified atom stereocenters. The molecule has 0 aliphatic heterocycles. The lowest BCUT2D eigenvalue weighted by atomic mass is 9.98. The Kier molecular flexibility index (Phi) is 9.09. The molecule has 154 valence electrons. The number of carbonyl (C=O) groups is 1. The van der Waals surface area contributed by atoms with Gasteiger partial charge in [-0.1, -0.05) is 42.5 Å². The summed E-state index contributed by atoms with van der Waals surface area (Å²) in [5, 5.41) is 8.75. The second-order valence-corrected chi connectivity index (χ2v) is 10.4. The van der Waals surface area contributed by atoms with Crippen molar-refractivity contribution < 1.29 is 14.6 Å². The third-order valence-electron chi connectivity index (χ3n) is 4.12. The molecule has 3 aromatic rings. The fraction of sp³-hybridized carbons (Fsp3) is 0.0870. The van der Waals surface area contributed by atoms with Crippen LogP contribution in [0.15, 0.2) is 82.2 Å². The van der Waals surface area contributed by atoms with Crippen molar-refractivity contribution in [3.05, 3.63) is 95.5 Å². The Morgan fingerprint density at radius 2 is 1.60 bits per heavy atom. The van der Waals surface area contributed by atoms with Crippen molar-refractivity contribution in [2.24, 2.45) is 0 Å². The van der Waals surface area contributed by atoms with E-state index in [4.69, 9.17) is 9.84 Å². The van der Waals surface area contributed by atoms with Crippen LogP contribution in [0.4, 0.5) is 0 Å². The van der Waals surface area contributed by atoms with E-state index in [1.165, 1.54) is 23.8 Å². The van der Waals surface area contributed by atoms with Crippen molar-refractivity contribution in [3.8, 4) is 5.75 Å². The van der Waals surface area contributed by atoms with Gasteiger partial charge in [-0.15, -0.1) is 11.8 Å². The molecule has 0 amide bonds. The van der Waals surface area contributed by atoms with Gasteiger partial charge in [-0.05, 0) is 108 Å². The Labute approximate surface area is 215 Å². The van der Waals surface area contributed by atoms with Crippen LogP contribution < -0.4 is 4.74 Å². The van der Waals surface area contributed by atoms with Crippen molar-refractivity contribution in [2.45, 2.75) is 4.90 Å². The van der Waals surface area contributed by atoms with Crippen molar-refractivity contribution in [1.29, 1.82) is 0 Å². The third kappa shape index (κ3) is 6.48. The normalized spacial score (nSPS) is 10.5. The van der Waals surface area contributed by atoms with Gasteiger partial charge in [-0.25, -0.2) is 4.79 Å². The molecule has 0 radical (unpaired) electrons. The maximum absolute atomic E-state index is 10.7. The van der Waals surface area contributed by atoms with E-state index in [0.29, 0.717) is 5.75 Å². The molecule has 30 heavy (non-hydrogen) atoms. The van der Waals surface area contributed by atoms with E-state index < -0.39 is 5.97 Å². The minimum atomic E-state index is -0.992. The van der Waals surface area contributed by atoms with Crippen molar-refractivity contribution >= 4 is 84.4 Å². The van der Waals surface area contributed by atoms with Crippen LogP contribution in [0.3, 0.4) is 0 Å². The Hall–Kier alpha value is -1.04. The largest absolute Gasteiger partial charge is 0.482 e. The minimum absolute atomic E-state index is 0.351. The van der Waals surface area contributed by atoms with E-state index in [9.17, 15) is 4.79 Å². The summed E-state index contributed by atoms with van der Waals surface area (Å²) in [6.45, 7) is -0.351. The Morgan fingerprint density at radius 1 is 1.00 bits per heavy atom. The first-order valence-electron chi connectivity index (χ1n) is 8.92. The van der Waals surface area contributed by atoms with Crippen molar-refractivity contribution in [1.82, 2.24) is 0 Å². The third-order valence-corrected chi connectivity index (χ3v) is 7.92. The van der Waals surface area contributed by atoms with E-state index in [1.807, 2.05) is 6.07 Å². The minimum Gasteiger partial charge on any atom is -0.482 e. The van der Waals surface area contributed by atoms with E-state index in [1.54, 1.807) is 23.9 Å². The highest BCUT2D eigenvalue weighted by atomic mass is 127. The maximum atomic E-state index is 10.7. The molecular weight excluding hydrogens is 690 g/mol. The zero-order chi connectivity index (χ0) is 21.5. The average Bonchev–Trinajstić information content (AvgIpc) is 2.72. The molecule has 0 spiro atoms. The summed E-state index contributed by atoms with van der Waals surface area (Å²) in [5.74, 6) is 0.329. The van der Waals surface area contributed by atoms with E-state index in [0.717, 1.165) is 15.1 Å². The van der Waals surface area contributed by atoms with Crippen molar-refractivity contribution in [2.75, 3.05) is 12.4 Å². The summed E-state index contributed by atoms with van der Waals surface area (Å²) in [4.78, 5) is 11.7. The molecule has 0 bridgehead atoms. The van der Waals surface area contributed by atoms with Gasteiger partial charge < -0.3 is 9.84 Å². The van der Waals surface area contributed by atoms with Gasteiger partial charge in [-0.2, -0.15) is 0 Å². The van der Waals surface area contributed by atoms with Crippen LogP contribution in [0.1, 0.15) is 11.1 Å². The van der Waals surface area contributed by atoms with Gasteiger partial charge in [0, 0.05) is 22.3 Å². The highest BCUT2D eigenvalue weighted by Gasteiger charge is 2.11. The Balaban J connectivity index is 1.83. The molecule has 1 N–H and O–H groups in total. The van der Waals surface area contributed by atoms with E-state index in [-0.39, 0.29) is 6.61 Å². The molecule has 3 rings (SSSR count). The van der Waals surface area contributed by atoms with Crippen LogP contribution in [0.2, 0.25) is 0 Å². The van der Waals surface area contributed by atoms with Gasteiger partial charge >= 0.3 is 5.97 Å². The second kappa shape index (κ2) is 11.5. The molecule has 0 saturated heterocycles. The second-order valence-electron chi connectivity index (χ2n) is 6.16. The smallest absolute Gasteiger partial charge is 0.341 e. The lowest BCUT2D eigenvalue weighted by Gasteiger charge is -2.13. The fourth-order valence-corrected chi connectivity index (χ4v) is 5.62. The number of carboxylic acid groups (broad SMARTS) is 1. The van der Waals surface area contributed by atoms with Gasteiger partial charge in [0.15, 0.2) is 6.61 Å². The monoisotopic (exact) mass is 706 g/mol. The van der Waals surface area contributed by atoms with Gasteiger partial charge in [-0.3, -0.25) is 0 Å². The molecule has 0 aliphatic carbocycles. The predicted molar refractivity (Wildman–Crippen MR) is 143 cm³/mol. The van der Waals surface area contributed by atoms with Crippen molar-refractivity contribution in [3.63, 3.8) is 0 Å². The number of benzene rings is 3. The van der Waals surface area contributed by atoms with Gasteiger partial charge in [0.1, 0.15) is 5.75 Å². The summed E-state index contributed by atoms with van der Waals surface area (Å²) >= 11 is 10.0. The number of carboxylic acids is 1. The number of thioether (sulfide) groups is 1. The maximum Gasteiger partial charge on any atom is 0.341 e. The first kappa shape index (κ1) is 23.6. The predicted octanol–water partition coefficient (Wildman–Crippen LogP) is 7.35. The SMILES string of the molecule is O=C(O)COc1ccc(SCC=C(c2ccccc2I)c2ccccc2I)c(Br)c1. The molecule has 0 fully saturated rings. The zero-order valence-corrected chi connectivity index (χ0v) is 22.4. The molecule has 0 aliphatic rings. The summed E-state index contributed by atoms with van der Waals surface area (Å²) in [6, 6.07) is 22.4. The zero-order valence-electron chi connectivity index (χ0n) is 15.6. The molecule has 7 heteroatoms. The van der Waals surface area contributed by atoms with Crippen LogP contribution >= 0.6 is 72.9 Å². The highest BCUT2D eigenvalue weighted by molar-refractivity contribution is 14.1. The quantitative estimate of drug-likeness (QED) is 0.197. The molecule has 0 atom stereocenters. The number of hydrogen-bond acceptors (Lipinski definition) is 3. The topological polar surface area (TPSA) is 46.5 Å². The van der Waals surface area contributed by atoms with Crippen LogP contribution in [-0.4, -0.2) is 23.4 Å². The summed E-state index contributed by atoms with van der Waals surface area (Å²) in [7, 11) is 0. The molecular formula is C23H17BrI2O3S. The molecule has 0 saturated carbocycles. The number of rotatable bonds is 8. The number of halogens is 3. The molecule has 0 aromatic heterocycles. The average molecular weight is 707 g/mol. The number of hydrogen-bond donors (Lipinski definition) is 1. The number of ether oxygens (including phenoxy) is 1. The lowest BCUT2D eigenvalue weighted by Crippen LogP contribution is -2.09. The van der Waals surface area contributed by atoms with E-state index >= 15 is 0 Å². The van der Waals surface area contributed by atoms with Crippen LogP contribution in [0, 0.1) is 7.14 Å². The van der Waals surface area contributed by atoms with Crippen LogP contribution in [-0.2, 0) is 4.79 Å². The summed E-state index contributed by atoms with van der Waals surface area (Å²) < 4.78 is 8.55. The van der Waals surface area contributed by atoms with Crippen LogP contribution in [0.5, 0.6) is 5.75 Å². The first-order valence-corrected chi connectivity index (χ1v) is 12.9. The van der Waals surface area contributed by atoms with Crippen LogP contribution in [0.25, 0.3) is 5.57 Å². The van der Waals surface area contributed by atoms with Gasteiger partial charge in [0.25, 0.3) is 0 Å². The summed E-state index contributed by atoms with van der Waals surface area (Å²) in [5.41, 5.74) is 3.66. The lowest BCUT2D eigenvalue weighted by molar-refractivity contribution is -0.139. The first-order chi connectivity index (χ1) is 14.5. The highest BCUT2D eigenvalue weighted by Crippen LogP contribution is 2.34. The molecule has 0 heterocycles. The Bertz CT molecular complexity index is 1040. The van der Waals surface area contributed by atoms with Gasteiger partial charge in [0.2, 0.25) is 0 Å². The fourth-order valence-electron chi connectivity index (χ4n) is 2.77. The van der Waals surface area contributed by atoms with E-state index in [2.05, 4.69) is 116 Å². The Morgan fingerprint density at radius 3 is 2.13 bits per heavy atom. The standard InChI is InChI=1S/C23H17BrI2O3S/c24-19-13-15(29-14-23(27)28)9-10-22(19)30-12-11-16(17-5-1-3-7-20(17)25)18-6-2-4-8-21(18)26/h1-11,13H,12,14H2,(H,27,28). The number of aliphatic carboxylic acids is 1. The summed E-state index contributed by atoms with van der Waals surface area (Å²) in [6.07, 6.45) is 2.26. The molecule has 3 nitrogen and oxygen atoms in total. The molecule has 3 aromatic carbocycles. The van der Waals surface area contributed by atoms with Gasteiger partial charge in [0.05, 0.1) is 0 Å².